The van der Waals surface area contributed by atoms with E-state index in [1.807, 2.05) is 0 Å². The van der Waals surface area contributed by atoms with Crippen LogP contribution in [0.25, 0.3) is 0 Å². The first kappa shape index (κ1) is 9.24. The zero-order chi connectivity index (χ0) is 8.97. The molecule has 0 N–H and O–H groups in total. The number of rotatable bonds is 3. The molecule has 1 nitrogen and oxygen atoms in total. The summed E-state index contributed by atoms with van der Waals surface area (Å²) >= 11 is 0. The predicted molar refractivity (Wildman–Crippen MR) is 51.1 cm³/mol. The number of nitrogens with zero attached hydrogens (tertiary/aromatic N) is 1. The average molecular weight is 164 g/mol. The third-order valence-electron chi connectivity index (χ3n) is 2.34. The minimum Gasteiger partial charge on any atom is -0.203 e. The van der Waals surface area contributed by atoms with E-state index in [-0.39, 0.29) is 0 Å². The van der Waals surface area contributed by atoms with Crippen LogP contribution < -0.4 is 4.57 Å². The maximum Gasteiger partial charge on any atom is 0.184 e. The maximum atomic E-state index is 2.33. The van der Waals surface area contributed by atoms with Crippen molar-refractivity contribution in [3.05, 3.63) is 29.6 Å². The van der Waals surface area contributed by atoms with Gasteiger partial charge >= 0.3 is 0 Å². The van der Waals surface area contributed by atoms with Crippen molar-refractivity contribution < 1.29 is 4.57 Å². The molecular weight excluding hydrogens is 146 g/mol. The molecule has 1 heteroatoms. The molecule has 0 bridgehead atoms. The van der Waals surface area contributed by atoms with E-state index in [4.69, 9.17) is 0 Å². The molecule has 0 amide bonds. The van der Waals surface area contributed by atoms with E-state index in [9.17, 15) is 0 Å². The fourth-order valence-electron chi connectivity index (χ4n) is 1.68. The Bertz CT molecular complexity index is 231. The van der Waals surface area contributed by atoms with Crippen LogP contribution in [0.5, 0.6) is 0 Å². The second-order valence-electron chi connectivity index (χ2n) is 2.97. The molecule has 0 aromatic carbocycles. The maximum absolute atomic E-state index is 2.33. The van der Waals surface area contributed by atoms with Gasteiger partial charge in [-0.25, -0.2) is 4.57 Å². The van der Waals surface area contributed by atoms with Gasteiger partial charge in [0, 0.05) is 18.1 Å². The van der Waals surface area contributed by atoms with Gasteiger partial charge in [0.2, 0.25) is 0 Å². The Kier molecular flexibility index (Phi) is 3.27. The first-order valence-corrected chi connectivity index (χ1v) is 4.83. The SMILES string of the molecule is CCc1ccc[n+](CC)c1CC. The number of pyridine rings is 1. The van der Waals surface area contributed by atoms with Crippen LogP contribution in [0.1, 0.15) is 32.0 Å². The fraction of sp³-hybridized carbons (Fsp3) is 0.545. The van der Waals surface area contributed by atoms with Crippen molar-refractivity contribution in [2.45, 2.75) is 40.2 Å². The lowest BCUT2D eigenvalue weighted by Crippen LogP contribution is -2.37. The summed E-state index contributed by atoms with van der Waals surface area (Å²) in [7, 11) is 0. The Morgan fingerprint density at radius 2 is 1.92 bits per heavy atom. The van der Waals surface area contributed by atoms with Gasteiger partial charge in [-0.2, -0.15) is 0 Å². The third kappa shape index (κ3) is 1.66. The van der Waals surface area contributed by atoms with Crippen molar-refractivity contribution in [2.24, 2.45) is 0 Å². The topological polar surface area (TPSA) is 3.88 Å². The van der Waals surface area contributed by atoms with E-state index in [0.717, 1.165) is 19.4 Å². The lowest BCUT2D eigenvalue weighted by Gasteiger charge is -2.03. The van der Waals surface area contributed by atoms with Gasteiger partial charge in [0.15, 0.2) is 11.9 Å². The van der Waals surface area contributed by atoms with E-state index in [1.54, 1.807) is 0 Å². The molecule has 66 valence electrons. The highest BCUT2D eigenvalue weighted by Crippen LogP contribution is 2.04. The van der Waals surface area contributed by atoms with Crippen LogP contribution >= 0.6 is 0 Å². The number of aromatic nitrogens is 1. The summed E-state index contributed by atoms with van der Waals surface area (Å²) in [5, 5.41) is 0. The van der Waals surface area contributed by atoms with Crippen LogP contribution in [0.4, 0.5) is 0 Å². The quantitative estimate of drug-likeness (QED) is 0.602. The van der Waals surface area contributed by atoms with Gasteiger partial charge in [0.25, 0.3) is 0 Å². The molecule has 0 saturated heterocycles. The molecule has 0 aliphatic rings. The molecule has 1 aromatic heterocycles. The van der Waals surface area contributed by atoms with Gasteiger partial charge in [0.1, 0.15) is 6.54 Å². The van der Waals surface area contributed by atoms with Crippen molar-refractivity contribution in [1.29, 1.82) is 0 Å². The highest BCUT2D eigenvalue weighted by atomic mass is 14.9. The van der Waals surface area contributed by atoms with Crippen LogP contribution in [0.3, 0.4) is 0 Å². The molecular formula is C11H18N+. The molecule has 1 aromatic rings. The molecule has 1 rings (SSSR count). The smallest absolute Gasteiger partial charge is 0.184 e. The Balaban J connectivity index is 3.13. The molecule has 0 saturated carbocycles. The summed E-state index contributed by atoms with van der Waals surface area (Å²) in [6.07, 6.45) is 4.44. The van der Waals surface area contributed by atoms with Crippen LogP contribution in [0, 0.1) is 0 Å². The summed E-state index contributed by atoms with van der Waals surface area (Å²) in [6.45, 7) is 7.71. The number of hydrogen-bond donors (Lipinski definition) is 0. The number of hydrogen-bond acceptors (Lipinski definition) is 0. The second-order valence-corrected chi connectivity index (χ2v) is 2.97. The Morgan fingerprint density at radius 3 is 2.42 bits per heavy atom. The second kappa shape index (κ2) is 4.24. The Morgan fingerprint density at radius 1 is 1.17 bits per heavy atom. The molecule has 1 heterocycles. The van der Waals surface area contributed by atoms with Gasteiger partial charge in [-0.05, 0) is 19.4 Å². The number of aryl methyl sites for hydroxylation is 2. The third-order valence-corrected chi connectivity index (χ3v) is 2.34. The molecule has 0 unspecified atom stereocenters. The van der Waals surface area contributed by atoms with Gasteiger partial charge in [-0.1, -0.05) is 13.8 Å². The minimum absolute atomic E-state index is 1.08. The molecule has 0 radical (unpaired) electrons. The zero-order valence-corrected chi connectivity index (χ0v) is 8.30. The molecule has 0 aliphatic heterocycles. The monoisotopic (exact) mass is 164 g/mol. The summed E-state index contributed by atoms with van der Waals surface area (Å²) < 4.78 is 2.33. The van der Waals surface area contributed by atoms with Gasteiger partial charge in [-0.15, -0.1) is 0 Å². The largest absolute Gasteiger partial charge is 0.203 e. The van der Waals surface area contributed by atoms with Crippen molar-refractivity contribution in [3.8, 4) is 0 Å². The highest BCUT2D eigenvalue weighted by molar-refractivity contribution is 5.15. The summed E-state index contributed by atoms with van der Waals surface area (Å²) in [4.78, 5) is 0. The van der Waals surface area contributed by atoms with Crippen LogP contribution in [0.2, 0.25) is 0 Å². The first-order valence-electron chi connectivity index (χ1n) is 4.83. The van der Waals surface area contributed by atoms with Crippen LogP contribution in [-0.2, 0) is 19.4 Å². The highest BCUT2D eigenvalue weighted by Gasteiger charge is 2.09. The van der Waals surface area contributed by atoms with E-state index in [1.165, 1.54) is 11.3 Å². The Labute approximate surface area is 75.1 Å². The molecule has 0 spiro atoms. The van der Waals surface area contributed by atoms with E-state index >= 15 is 0 Å². The van der Waals surface area contributed by atoms with Gasteiger partial charge in [0.05, 0.1) is 0 Å². The lowest BCUT2D eigenvalue weighted by molar-refractivity contribution is -0.701. The lowest BCUT2D eigenvalue weighted by atomic mass is 10.1. The minimum atomic E-state index is 1.08. The van der Waals surface area contributed by atoms with Gasteiger partial charge < -0.3 is 0 Å². The van der Waals surface area contributed by atoms with Crippen molar-refractivity contribution in [3.63, 3.8) is 0 Å². The molecule has 12 heavy (non-hydrogen) atoms. The van der Waals surface area contributed by atoms with Crippen molar-refractivity contribution in [2.75, 3.05) is 0 Å². The van der Waals surface area contributed by atoms with Crippen molar-refractivity contribution >= 4 is 0 Å². The average Bonchev–Trinajstić information content (AvgIpc) is 2.16. The Hall–Kier alpha value is -0.850. The fourth-order valence-corrected chi connectivity index (χ4v) is 1.68. The zero-order valence-electron chi connectivity index (χ0n) is 8.30. The van der Waals surface area contributed by atoms with Gasteiger partial charge in [-0.3, -0.25) is 0 Å². The van der Waals surface area contributed by atoms with E-state index in [0.29, 0.717) is 0 Å². The summed E-state index contributed by atoms with van der Waals surface area (Å²) in [6, 6.07) is 4.37. The standard InChI is InChI=1S/C11H18N/c1-4-10-8-7-9-12(6-3)11(10)5-2/h7-9H,4-6H2,1-3H3/q+1. The summed E-state index contributed by atoms with van der Waals surface area (Å²) in [5.41, 5.74) is 2.98. The van der Waals surface area contributed by atoms with E-state index in [2.05, 4.69) is 43.7 Å². The van der Waals surface area contributed by atoms with Crippen LogP contribution in [-0.4, -0.2) is 0 Å². The van der Waals surface area contributed by atoms with E-state index < -0.39 is 0 Å². The van der Waals surface area contributed by atoms with Crippen LogP contribution in [0.15, 0.2) is 18.3 Å². The molecule has 0 fully saturated rings. The first-order chi connectivity index (χ1) is 5.83. The summed E-state index contributed by atoms with van der Waals surface area (Å²) in [5.74, 6) is 0. The normalized spacial score (nSPS) is 10.2. The molecule has 0 aliphatic carbocycles. The predicted octanol–water partition coefficient (Wildman–Crippen LogP) is 2.12. The molecule has 0 atom stereocenters. The van der Waals surface area contributed by atoms with Crippen molar-refractivity contribution in [1.82, 2.24) is 0 Å².